The van der Waals surface area contributed by atoms with Crippen LogP contribution in [0.3, 0.4) is 0 Å². The molecule has 3 amide bonds. The van der Waals surface area contributed by atoms with Gasteiger partial charge in [-0.1, -0.05) is 25.1 Å². The van der Waals surface area contributed by atoms with Crippen LogP contribution in [-0.4, -0.2) is 41.7 Å². The van der Waals surface area contributed by atoms with E-state index in [1.165, 1.54) is 24.3 Å². The molecule has 0 radical (unpaired) electrons. The Hall–Kier alpha value is -3.74. The number of rotatable bonds is 7. The summed E-state index contributed by atoms with van der Waals surface area (Å²) in [6, 6.07) is 11.5. The molecule has 148 valence electrons. The standard InChI is InChI=1S/C22H20N2O5/c1-3-10-24-20(26)17-9-8-15(12-18(17)21(24)27)22(28)29-13-19(25)23-16-7-5-6-14(4-2)11-16/h3,5-9,11-12H,1,4,10,13H2,2H3,(H,23,25). The molecule has 0 fully saturated rings. The van der Waals surface area contributed by atoms with Crippen LogP contribution in [0.5, 0.6) is 0 Å². The van der Waals surface area contributed by atoms with Crippen LogP contribution >= 0.6 is 0 Å². The summed E-state index contributed by atoms with van der Waals surface area (Å²) in [6.45, 7) is 5.15. The molecule has 0 atom stereocenters. The fourth-order valence-corrected chi connectivity index (χ4v) is 2.99. The molecule has 1 N–H and O–H groups in total. The van der Waals surface area contributed by atoms with Gasteiger partial charge in [0.1, 0.15) is 0 Å². The minimum Gasteiger partial charge on any atom is -0.452 e. The fourth-order valence-electron chi connectivity index (χ4n) is 2.99. The number of hydrogen-bond donors (Lipinski definition) is 1. The van der Waals surface area contributed by atoms with E-state index in [1.807, 2.05) is 25.1 Å². The third-order valence-electron chi connectivity index (χ3n) is 4.47. The zero-order valence-corrected chi connectivity index (χ0v) is 15.9. The lowest BCUT2D eigenvalue weighted by Gasteiger charge is -2.09. The third-order valence-corrected chi connectivity index (χ3v) is 4.47. The summed E-state index contributed by atoms with van der Waals surface area (Å²) in [5, 5.41) is 2.67. The van der Waals surface area contributed by atoms with E-state index in [0.717, 1.165) is 16.9 Å². The SMILES string of the molecule is C=CCN1C(=O)c2ccc(C(=O)OCC(=O)Nc3cccc(CC)c3)cc2C1=O. The van der Waals surface area contributed by atoms with Gasteiger partial charge in [0.15, 0.2) is 6.61 Å². The summed E-state index contributed by atoms with van der Waals surface area (Å²) in [6.07, 6.45) is 2.29. The zero-order chi connectivity index (χ0) is 21.0. The van der Waals surface area contributed by atoms with Crippen LogP contribution in [-0.2, 0) is 16.0 Å². The molecule has 0 aromatic heterocycles. The second-order valence-electron chi connectivity index (χ2n) is 6.45. The predicted molar refractivity (Wildman–Crippen MR) is 107 cm³/mol. The molecule has 7 nitrogen and oxygen atoms in total. The lowest BCUT2D eigenvalue weighted by Crippen LogP contribution is -2.29. The van der Waals surface area contributed by atoms with E-state index in [2.05, 4.69) is 11.9 Å². The summed E-state index contributed by atoms with van der Waals surface area (Å²) < 4.78 is 5.04. The highest BCUT2D eigenvalue weighted by molar-refractivity contribution is 6.22. The third kappa shape index (κ3) is 4.24. The van der Waals surface area contributed by atoms with Crippen molar-refractivity contribution in [2.75, 3.05) is 18.5 Å². The van der Waals surface area contributed by atoms with Crippen LogP contribution in [0.1, 0.15) is 43.6 Å². The minimum atomic E-state index is -0.757. The molecule has 2 aromatic rings. The fraction of sp³-hybridized carbons (Fsp3) is 0.182. The molecule has 0 saturated carbocycles. The van der Waals surface area contributed by atoms with Crippen molar-refractivity contribution in [1.29, 1.82) is 0 Å². The summed E-state index contributed by atoms with van der Waals surface area (Å²) in [5.41, 5.74) is 2.14. The highest BCUT2D eigenvalue weighted by atomic mass is 16.5. The number of carbonyl (C=O) groups excluding carboxylic acids is 4. The maximum Gasteiger partial charge on any atom is 0.338 e. The van der Waals surface area contributed by atoms with E-state index in [4.69, 9.17) is 4.74 Å². The van der Waals surface area contributed by atoms with Crippen LogP contribution in [0.25, 0.3) is 0 Å². The normalized spacial score (nSPS) is 12.5. The van der Waals surface area contributed by atoms with E-state index in [0.29, 0.717) is 5.69 Å². The molecule has 1 aliphatic rings. The number of ether oxygens (including phenoxy) is 1. The molecule has 0 unspecified atom stereocenters. The number of amides is 3. The maximum atomic E-state index is 12.3. The van der Waals surface area contributed by atoms with E-state index in [1.54, 1.807) is 6.07 Å². The number of imide groups is 1. The van der Waals surface area contributed by atoms with Crippen molar-refractivity contribution in [3.63, 3.8) is 0 Å². The molecule has 7 heteroatoms. The highest BCUT2D eigenvalue weighted by Crippen LogP contribution is 2.24. The number of fused-ring (bicyclic) bond motifs is 1. The van der Waals surface area contributed by atoms with Gasteiger partial charge in [-0.25, -0.2) is 4.79 Å². The molecule has 0 saturated heterocycles. The van der Waals surface area contributed by atoms with Gasteiger partial charge in [-0.15, -0.1) is 6.58 Å². The van der Waals surface area contributed by atoms with Crippen LogP contribution < -0.4 is 5.32 Å². The first-order chi connectivity index (χ1) is 13.9. The Labute approximate surface area is 168 Å². The number of carbonyl (C=O) groups is 4. The number of nitrogens with zero attached hydrogens (tertiary/aromatic N) is 1. The first kappa shape index (κ1) is 20.0. The summed E-state index contributed by atoms with van der Waals surface area (Å²) in [5.74, 6) is -2.16. The molecule has 0 spiro atoms. The van der Waals surface area contributed by atoms with Gasteiger partial charge in [0.05, 0.1) is 16.7 Å². The minimum absolute atomic E-state index is 0.0888. The van der Waals surface area contributed by atoms with Crippen molar-refractivity contribution in [1.82, 2.24) is 4.90 Å². The Morgan fingerprint density at radius 2 is 1.86 bits per heavy atom. The van der Waals surface area contributed by atoms with E-state index in [-0.39, 0.29) is 23.2 Å². The molecular weight excluding hydrogens is 372 g/mol. The van der Waals surface area contributed by atoms with E-state index in [9.17, 15) is 19.2 Å². The molecule has 1 aliphatic heterocycles. The zero-order valence-electron chi connectivity index (χ0n) is 15.9. The Kier molecular flexibility index (Phi) is 5.87. The number of anilines is 1. The van der Waals surface area contributed by atoms with Crippen LogP contribution in [0.4, 0.5) is 5.69 Å². The van der Waals surface area contributed by atoms with Crippen molar-refractivity contribution in [3.05, 3.63) is 77.4 Å². The van der Waals surface area contributed by atoms with Gasteiger partial charge in [0.2, 0.25) is 0 Å². The van der Waals surface area contributed by atoms with Crippen molar-refractivity contribution >= 4 is 29.4 Å². The van der Waals surface area contributed by atoms with Crippen molar-refractivity contribution in [2.24, 2.45) is 0 Å². The topological polar surface area (TPSA) is 92.8 Å². The van der Waals surface area contributed by atoms with Gasteiger partial charge in [-0.05, 0) is 42.3 Å². The first-order valence-electron chi connectivity index (χ1n) is 9.11. The molecule has 0 bridgehead atoms. The Morgan fingerprint density at radius 1 is 1.10 bits per heavy atom. The van der Waals surface area contributed by atoms with Crippen molar-refractivity contribution in [2.45, 2.75) is 13.3 Å². The average Bonchev–Trinajstić information content (AvgIpc) is 2.97. The lowest BCUT2D eigenvalue weighted by atomic mass is 10.1. The van der Waals surface area contributed by atoms with Crippen LogP contribution in [0.15, 0.2) is 55.1 Å². The summed E-state index contributed by atoms with van der Waals surface area (Å²) >= 11 is 0. The largest absolute Gasteiger partial charge is 0.452 e. The quantitative estimate of drug-likeness (QED) is 0.444. The second-order valence-corrected chi connectivity index (χ2v) is 6.45. The molecule has 3 rings (SSSR count). The number of nitrogens with one attached hydrogen (secondary N) is 1. The highest BCUT2D eigenvalue weighted by Gasteiger charge is 2.35. The average molecular weight is 392 g/mol. The van der Waals surface area contributed by atoms with Crippen molar-refractivity contribution < 1.29 is 23.9 Å². The predicted octanol–water partition coefficient (Wildman–Crippen LogP) is 2.83. The molecular formula is C22H20N2O5. The van der Waals surface area contributed by atoms with Gasteiger partial charge in [0.25, 0.3) is 17.7 Å². The lowest BCUT2D eigenvalue weighted by molar-refractivity contribution is -0.119. The van der Waals surface area contributed by atoms with Gasteiger partial charge in [-0.3, -0.25) is 19.3 Å². The first-order valence-corrected chi connectivity index (χ1v) is 9.11. The second kappa shape index (κ2) is 8.52. The number of esters is 1. The maximum absolute atomic E-state index is 12.3. The van der Waals surface area contributed by atoms with Gasteiger partial charge < -0.3 is 10.1 Å². The van der Waals surface area contributed by atoms with E-state index < -0.39 is 30.3 Å². The number of benzene rings is 2. The smallest absolute Gasteiger partial charge is 0.338 e. The Balaban J connectivity index is 1.63. The molecule has 29 heavy (non-hydrogen) atoms. The summed E-state index contributed by atoms with van der Waals surface area (Å²) in [7, 11) is 0. The van der Waals surface area contributed by atoms with Crippen molar-refractivity contribution in [3.8, 4) is 0 Å². The van der Waals surface area contributed by atoms with Gasteiger partial charge >= 0.3 is 5.97 Å². The molecule has 0 aliphatic carbocycles. The van der Waals surface area contributed by atoms with Gasteiger partial charge in [-0.2, -0.15) is 0 Å². The Morgan fingerprint density at radius 3 is 2.59 bits per heavy atom. The number of aryl methyl sites for hydroxylation is 1. The van der Waals surface area contributed by atoms with Crippen LogP contribution in [0, 0.1) is 0 Å². The number of hydrogen-bond acceptors (Lipinski definition) is 5. The molecule has 2 aromatic carbocycles. The monoisotopic (exact) mass is 392 g/mol. The molecule has 1 heterocycles. The van der Waals surface area contributed by atoms with Gasteiger partial charge in [0, 0.05) is 12.2 Å². The summed E-state index contributed by atoms with van der Waals surface area (Å²) in [4.78, 5) is 49.9. The van der Waals surface area contributed by atoms with Crippen LogP contribution in [0.2, 0.25) is 0 Å². The Bertz CT molecular complexity index is 1010. The van der Waals surface area contributed by atoms with E-state index >= 15 is 0 Å².